The molecule has 0 bridgehead atoms. The molecule has 0 aromatic carbocycles. The fourth-order valence-corrected chi connectivity index (χ4v) is 0.825. The van der Waals surface area contributed by atoms with E-state index in [4.69, 9.17) is 10.8 Å². The van der Waals surface area contributed by atoms with Crippen molar-refractivity contribution in [1.29, 1.82) is 0 Å². The Morgan fingerprint density at radius 1 is 1.62 bits per heavy atom. The normalized spacial score (nSPS) is 15.5. The van der Waals surface area contributed by atoms with Crippen molar-refractivity contribution in [1.82, 2.24) is 4.98 Å². The summed E-state index contributed by atoms with van der Waals surface area (Å²) in [6.07, 6.45) is 1.11. The van der Waals surface area contributed by atoms with Crippen LogP contribution in [0.4, 0.5) is 8.78 Å². The fraction of sp³-hybridized carbons (Fsp3) is 0.375. The second kappa shape index (κ2) is 3.35. The van der Waals surface area contributed by atoms with Gasteiger partial charge >= 0.3 is 0 Å². The largest absolute Gasteiger partial charge is 0.394 e. The standard InChI is InChI=1S/C8H10F2N2O/c1-8(11,4-13)5-2-6(9)7(10)12-3-5/h2-3,13H,4,11H2,1H3/t8-/m0/s1. The lowest BCUT2D eigenvalue weighted by atomic mass is 9.96. The first-order chi connectivity index (χ1) is 5.97. The van der Waals surface area contributed by atoms with E-state index in [1.54, 1.807) is 0 Å². The zero-order chi connectivity index (χ0) is 10.1. The molecule has 13 heavy (non-hydrogen) atoms. The molecule has 0 aliphatic carbocycles. The molecule has 1 rings (SSSR count). The summed E-state index contributed by atoms with van der Waals surface area (Å²) in [6, 6.07) is 0.929. The Morgan fingerprint density at radius 2 is 2.23 bits per heavy atom. The maximum absolute atomic E-state index is 12.7. The molecule has 3 nitrogen and oxygen atoms in total. The van der Waals surface area contributed by atoms with Crippen LogP contribution < -0.4 is 5.73 Å². The lowest BCUT2D eigenvalue weighted by molar-refractivity contribution is 0.209. The van der Waals surface area contributed by atoms with E-state index in [2.05, 4.69) is 4.98 Å². The third-order valence-electron chi connectivity index (χ3n) is 1.78. The molecule has 0 unspecified atom stereocenters. The Balaban J connectivity index is 3.10. The predicted molar refractivity (Wildman–Crippen MR) is 42.8 cm³/mol. The van der Waals surface area contributed by atoms with Crippen LogP contribution in [-0.2, 0) is 5.54 Å². The van der Waals surface area contributed by atoms with Crippen LogP contribution in [0.25, 0.3) is 0 Å². The minimum Gasteiger partial charge on any atom is -0.394 e. The summed E-state index contributed by atoms with van der Waals surface area (Å²) in [5, 5.41) is 8.84. The van der Waals surface area contributed by atoms with E-state index in [9.17, 15) is 8.78 Å². The van der Waals surface area contributed by atoms with Crippen molar-refractivity contribution >= 4 is 0 Å². The van der Waals surface area contributed by atoms with Crippen molar-refractivity contribution in [2.24, 2.45) is 5.73 Å². The van der Waals surface area contributed by atoms with Gasteiger partial charge in [-0.1, -0.05) is 0 Å². The average molecular weight is 188 g/mol. The third kappa shape index (κ3) is 1.99. The van der Waals surface area contributed by atoms with Gasteiger partial charge in [0.15, 0.2) is 5.82 Å². The molecule has 72 valence electrons. The molecule has 1 aromatic rings. The summed E-state index contributed by atoms with van der Waals surface area (Å²) in [5.41, 5.74) is 4.74. The van der Waals surface area contributed by atoms with E-state index in [1.165, 1.54) is 6.92 Å². The first kappa shape index (κ1) is 10.0. The molecule has 3 N–H and O–H groups in total. The van der Waals surface area contributed by atoms with Crippen LogP contribution in [0.3, 0.4) is 0 Å². The molecule has 0 aliphatic heterocycles. The summed E-state index contributed by atoms with van der Waals surface area (Å²) in [6.45, 7) is 1.14. The van der Waals surface area contributed by atoms with Crippen LogP contribution in [0, 0.1) is 11.8 Å². The Labute approximate surface area is 74.2 Å². The molecule has 1 atom stereocenters. The molecular weight excluding hydrogens is 178 g/mol. The quantitative estimate of drug-likeness (QED) is 0.665. The highest BCUT2D eigenvalue weighted by Crippen LogP contribution is 2.17. The second-order valence-corrected chi connectivity index (χ2v) is 3.07. The maximum atomic E-state index is 12.7. The van der Waals surface area contributed by atoms with Crippen LogP contribution in [0.5, 0.6) is 0 Å². The number of hydrogen-bond donors (Lipinski definition) is 2. The van der Waals surface area contributed by atoms with Crippen molar-refractivity contribution in [3.8, 4) is 0 Å². The fourth-order valence-electron chi connectivity index (χ4n) is 0.825. The van der Waals surface area contributed by atoms with Crippen molar-refractivity contribution in [2.75, 3.05) is 6.61 Å². The minimum atomic E-state index is -1.17. The molecule has 0 saturated carbocycles. The van der Waals surface area contributed by atoms with Gasteiger partial charge in [0.05, 0.1) is 12.1 Å². The molecule has 5 heteroatoms. The number of aliphatic hydroxyl groups is 1. The Bertz CT molecular complexity index is 315. The molecule has 0 saturated heterocycles. The molecule has 1 aromatic heterocycles. The summed E-state index contributed by atoms with van der Waals surface area (Å²) in [5.74, 6) is -2.24. The van der Waals surface area contributed by atoms with Gasteiger partial charge in [-0.05, 0) is 18.6 Å². The topological polar surface area (TPSA) is 59.1 Å². The van der Waals surface area contributed by atoms with E-state index in [1.807, 2.05) is 0 Å². The molecular formula is C8H10F2N2O. The van der Waals surface area contributed by atoms with Crippen molar-refractivity contribution in [3.63, 3.8) is 0 Å². The summed E-state index contributed by atoms with van der Waals surface area (Å²) in [4.78, 5) is 3.16. The number of aromatic nitrogens is 1. The number of pyridine rings is 1. The lowest BCUT2D eigenvalue weighted by Gasteiger charge is -2.21. The number of nitrogens with zero attached hydrogens (tertiary/aromatic N) is 1. The number of nitrogens with two attached hydrogens (primary N) is 1. The SMILES string of the molecule is C[C@](N)(CO)c1cnc(F)c(F)c1. The van der Waals surface area contributed by atoms with Gasteiger partial charge in [-0.2, -0.15) is 4.39 Å². The molecule has 0 radical (unpaired) electrons. The van der Waals surface area contributed by atoms with Crippen LogP contribution in [-0.4, -0.2) is 16.7 Å². The molecule has 0 amide bonds. The Morgan fingerprint density at radius 3 is 2.69 bits per heavy atom. The number of aliphatic hydroxyl groups excluding tert-OH is 1. The third-order valence-corrected chi connectivity index (χ3v) is 1.78. The van der Waals surface area contributed by atoms with E-state index >= 15 is 0 Å². The second-order valence-electron chi connectivity index (χ2n) is 3.07. The highest BCUT2D eigenvalue weighted by atomic mass is 19.2. The summed E-state index contributed by atoms with van der Waals surface area (Å²) >= 11 is 0. The van der Waals surface area contributed by atoms with Gasteiger partial charge in [-0.15, -0.1) is 0 Å². The number of hydrogen-bond acceptors (Lipinski definition) is 3. The van der Waals surface area contributed by atoms with Crippen molar-refractivity contribution in [3.05, 3.63) is 29.6 Å². The number of rotatable bonds is 2. The lowest BCUT2D eigenvalue weighted by Crippen LogP contribution is -2.37. The van der Waals surface area contributed by atoms with Gasteiger partial charge in [0, 0.05) is 6.20 Å². The van der Waals surface area contributed by atoms with Crippen LogP contribution in [0.15, 0.2) is 12.3 Å². The summed E-state index contributed by atoms with van der Waals surface area (Å²) < 4.78 is 25.1. The van der Waals surface area contributed by atoms with E-state index in [-0.39, 0.29) is 12.2 Å². The van der Waals surface area contributed by atoms with Crippen molar-refractivity contribution in [2.45, 2.75) is 12.5 Å². The first-order valence-corrected chi connectivity index (χ1v) is 3.68. The molecule has 0 aliphatic rings. The van der Waals surface area contributed by atoms with Gasteiger partial charge in [0.25, 0.3) is 0 Å². The van der Waals surface area contributed by atoms with Crippen LogP contribution >= 0.6 is 0 Å². The maximum Gasteiger partial charge on any atom is 0.248 e. The van der Waals surface area contributed by atoms with Gasteiger partial charge in [0.2, 0.25) is 5.95 Å². The average Bonchev–Trinajstić information content (AvgIpc) is 2.09. The van der Waals surface area contributed by atoms with E-state index in [0.717, 1.165) is 12.3 Å². The van der Waals surface area contributed by atoms with Gasteiger partial charge < -0.3 is 10.8 Å². The Hall–Kier alpha value is -1.07. The van der Waals surface area contributed by atoms with Gasteiger partial charge in [-0.25, -0.2) is 9.37 Å². The summed E-state index contributed by atoms with van der Waals surface area (Å²) in [7, 11) is 0. The first-order valence-electron chi connectivity index (χ1n) is 3.68. The predicted octanol–water partition coefficient (Wildman–Crippen LogP) is 0.526. The zero-order valence-corrected chi connectivity index (χ0v) is 7.09. The van der Waals surface area contributed by atoms with E-state index in [0.29, 0.717) is 0 Å². The Kier molecular flexibility index (Phi) is 2.58. The monoisotopic (exact) mass is 188 g/mol. The van der Waals surface area contributed by atoms with Crippen LogP contribution in [0.1, 0.15) is 12.5 Å². The van der Waals surface area contributed by atoms with Gasteiger partial charge in [0.1, 0.15) is 0 Å². The van der Waals surface area contributed by atoms with E-state index < -0.39 is 17.3 Å². The molecule has 0 fully saturated rings. The molecule has 1 heterocycles. The van der Waals surface area contributed by atoms with Gasteiger partial charge in [-0.3, -0.25) is 0 Å². The number of halogens is 2. The highest BCUT2D eigenvalue weighted by Gasteiger charge is 2.21. The highest BCUT2D eigenvalue weighted by molar-refractivity contribution is 5.20. The smallest absolute Gasteiger partial charge is 0.248 e. The minimum absolute atomic E-state index is 0.258. The molecule has 0 spiro atoms. The van der Waals surface area contributed by atoms with Crippen LogP contribution in [0.2, 0.25) is 0 Å². The zero-order valence-electron chi connectivity index (χ0n) is 7.09. The van der Waals surface area contributed by atoms with Crippen molar-refractivity contribution < 1.29 is 13.9 Å².